The molecular formula is C12H14BrN3. The zero-order valence-corrected chi connectivity index (χ0v) is 10.7. The first-order chi connectivity index (χ1) is 7.81. The SMILES string of the molecule is CCNCc1ccc(-n2cccn2)c(Br)c1. The molecule has 1 aromatic heterocycles. The van der Waals surface area contributed by atoms with Crippen molar-refractivity contribution < 1.29 is 0 Å². The summed E-state index contributed by atoms with van der Waals surface area (Å²) >= 11 is 3.57. The molecule has 0 unspecified atom stereocenters. The summed E-state index contributed by atoms with van der Waals surface area (Å²) in [4.78, 5) is 0. The quantitative estimate of drug-likeness (QED) is 0.933. The first-order valence-corrected chi connectivity index (χ1v) is 6.09. The minimum atomic E-state index is 0.897. The van der Waals surface area contributed by atoms with E-state index in [2.05, 4.69) is 51.5 Å². The van der Waals surface area contributed by atoms with Crippen LogP contribution in [0.25, 0.3) is 5.69 Å². The second kappa shape index (κ2) is 5.27. The zero-order chi connectivity index (χ0) is 11.4. The van der Waals surface area contributed by atoms with Crippen molar-refractivity contribution in [2.24, 2.45) is 0 Å². The van der Waals surface area contributed by atoms with E-state index in [1.165, 1.54) is 5.56 Å². The Morgan fingerprint density at radius 1 is 1.44 bits per heavy atom. The molecule has 0 spiro atoms. The number of benzene rings is 1. The minimum absolute atomic E-state index is 0.897. The van der Waals surface area contributed by atoms with Gasteiger partial charge < -0.3 is 5.32 Å². The summed E-state index contributed by atoms with van der Waals surface area (Å²) < 4.78 is 2.91. The zero-order valence-electron chi connectivity index (χ0n) is 9.15. The van der Waals surface area contributed by atoms with Crippen LogP contribution in [0.15, 0.2) is 41.1 Å². The Kier molecular flexibility index (Phi) is 3.74. The maximum atomic E-state index is 4.21. The Morgan fingerprint density at radius 2 is 2.31 bits per heavy atom. The van der Waals surface area contributed by atoms with Gasteiger partial charge in [0.05, 0.1) is 5.69 Å². The van der Waals surface area contributed by atoms with Crippen LogP contribution >= 0.6 is 15.9 Å². The van der Waals surface area contributed by atoms with Gasteiger partial charge in [-0.15, -0.1) is 0 Å². The number of aromatic nitrogens is 2. The molecule has 0 aliphatic heterocycles. The second-order valence-electron chi connectivity index (χ2n) is 3.52. The van der Waals surface area contributed by atoms with E-state index in [9.17, 15) is 0 Å². The molecule has 2 rings (SSSR count). The predicted octanol–water partition coefficient (Wildman–Crippen LogP) is 2.74. The third-order valence-corrected chi connectivity index (χ3v) is 2.98. The number of rotatable bonds is 4. The fourth-order valence-electron chi connectivity index (χ4n) is 1.53. The molecule has 16 heavy (non-hydrogen) atoms. The summed E-state index contributed by atoms with van der Waals surface area (Å²) in [6.07, 6.45) is 3.71. The summed E-state index contributed by atoms with van der Waals surface area (Å²) in [7, 11) is 0. The normalized spacial score (nSPS) is 10.6. The van der Waals surface area contributed by atoms with Crippen molar-refractivity contribution in [3.8, 4) is 5.69 Å². The second-order valence-corrected chi connectivity index (χ2v) is 4.37. The molecule has 0 radical (unpaired) electrons. The number of halogens is 1. The Labute approximate surface area is 104 Å². The van der Waals surface area contributed by atoms with Crippen molar-refractivity contribution in [3.63, 3.8) is 0 Å². The number of nitrogens with zero attached hydrogens (tertiary/aromatic N) is 2. The number of hydrogen-bond acceptors (Lipinski definition) is 2. The monoisotopic (exact) mass is 279 g/mol. The molecule has 1 aromatic carbocycles. The largest absolute Gasteiger partial charge is 0.313 e. The van der Waals surface area contributed by atoms with Crippen LogP contribution < -0.4 is 5.32 Å². The highest BCUT2D eigenvalue weighted by Gasteiger charge is 2.03. The lowest BCUT2D eigenvalue weighted by Gasteiger charge is -2.07. The molecule has 0 saturated carbocycles. The molecule has 0 atom stereocenters. The first-order valence-electron chi connectivity index (χ1n) is 5.30. The Hall–Kier alpha value is -1.13. The van der Waals surface area contributed by atoms with Crippen LogP contribution in [0, 0.1) is 0 Å². The van der Waals surface area contributed by atoms with E-state index >= 15 is 0 Å². The van der Waals surface area contributed by atoms with Crippen LogP contribution in [0.4, 0.5) is 0 Å². The Balaban J connectivity index is 2.23. The van der Waals surface area contributed by atoms with E-state index in [0.29, 0.717) is 0 Å². The molecule has 0 amide bonds. The maximum Gasteiger partial charge on any atom is 0.0787 e. The molecular weight excluding hydrogens is 266 g/mol. The average molecular weight is 280 g/mol. The van der Waals surface area contributed by atoms with Gasteiger partial charge in [-0.1, -0.05) is 13.0 Å². The van der Waals surface area contributed by atoms with Crippen LogP contribution in [0.2, 0.25) is 0 Å². The third kappa shape index (κ3) is 2.51. The van der Waals surface area contributed by atoms with Crippen LogP contribution in [-0.2, 0) is 6.54 Å². The van der Waals surface area contributed by atoms with E-state index in [1.807, 2.05) is 16.9 Å². The average Bonchev–Trinajstić information content (AvgIpc) is 2.80. The molecule has 0 aliphatic rings. The molecule has 1 heterocycles. The number of nitrogens with one attached hydrogen (secondary N) is 1. The van der Waals surface area contributed by atoms with Gasteiger partial charge in [0.25, 0.3) is 0 Å². The van der Waals surface area contributed by atoms with Gasteiger partial charge in [-0.05, 0) is 46.2 Å². The van der Waals surface area contributed by atoms with Crippen LogP contribution in [0.1, 0.15) is 12.5 Å². The van der Waals surface area contributed by atoms with Crippen LogP contribution in [0.5, 0.6) is 0 Å². The lowest BCUT2D eigenvalue weighted by Crippen LogP contribution is -2.11. The van der Waals surface area contributed by atoms with Crippen molar-refractivity contribution in [1.29, 1.82) is 0 Å². The topological polar surface area (TPSA) is 29.9 Å². The van der Waals surface area contributed by atoms with Crippen molar-refractivity contribution in [2.45, 2.75) is 13.5 Å². The van der Waals surface area contributed by atoms with Gasteiger partial charge in [0.2, 0.25) is 0 Å². The van der Waals surface area contributed by atoms with Crippen LogP contribution in [0.3, 0.4) is 0 Å². The molecule has 3 nitrogen and oxygen atoms in total. The molecule has 0 saturated heterocycles. The van der Waals surface area contributed by atoms with Gasteiger partial charge in [0.15, 0.2) is 0 Å². The highest BCUT2D eigenvalue weighted by atomic mass is 79.9. The summed E-state index contributed by atoms with van der Waals surface area (Å²) in [6, 6.07) is 8.23. The molecule has 84 valence electrons. The molecule has 4 heteroatoms. The van der Waals surface area contributed by atoms with Crippen molar-refractivity contribution in [1.82, 2.24) is 15.1 Å². The van der Waals surface area contributed by atoms with Crippen molar-refractivity contribution in [2.75, 3.05) is 6.54 Å². The van der Waals surface area contributed by atoms with E-state index in [1.54, 1.807) is 6.20 Å². The molecule has 2 aromatic rings. The van der Waals surface area contributed by atoms with Gasteiger partial charge >= 0.3 is 0 Å². The fraction of sp³-hybridized carbons (Fsp3) is 0.250. The van der Waals surface area contributed by atoms with Crippen molar-refractivity contribution in [3.05, 3.63) is 46.7 Å². The van der Waals surface area contributed by atoms with E-state index in [-0.39, 0.29) is 0 Å². The predicted molar refractivity (Wildman–Crippen MR) is 68.6 cm³/mol. The van der Waals surface area contributed by atoms with Gasteiger partial charge in [0, 0.05) is 23.4 Å². The van der Waals surface area contributed by atoms with Gasteiger partial charge in [-0.25, -0.2) is 4.68 Å². The standard InChI is InChI=1S/C12H14BrN3/c1-2-14-9-10-4-5-12(11(13)8-10)16-7-3-6-15-16/h3-8,14H,2,9H2,1H3. The highest BCUT2D eigenvalue weighted by molar-refractivity contribution is 9.10. The Bertz CT molecular complexity index is 451. The van der Waals surface area contributed by atoms with E-state index < -0.39 is 0 Å². The summed E-state index contributed by atoms with van der Waals surface area (Å²) in [5.74, 6) is 0. The lowest BCUT2D eigenvalue weighted by atomic mass is 10.2. The molecule has 0 fully saturated rings. The molecule has 1 N–H and O–H groups in total. The lowest BCUT2D eigenvalue weighted by molar-refractivity contribution is 0.726. The maximum absolute atomic E-state index is 4.21. The third-order valence-electron chi connectivity index (χ3n) is 2.34. The minimum Gasteiger partial charge on any atom is -0.313 e. The number of hydrogen-bond donors (Lipinski definition) is 1. The van der Waals surface area contributed by atoms with E-state index in [0.717, 1.165) is 23.2 Å². The molecule has 0 bridgehead atoms. The molecule has 0 aliphatic carbocycles. The van der Waals surface area contributed by atoms with Gasteiger partial charge in [0.1, 0.15) is 0 Å². The highest BCUT2D eigenvalue weighted by Crippen LogP contribution is 2.21. The Morgan fingerprint density at radius 3 is 2.94 bits per heavy atom. The van der Waals surface area contributed by atoms with Gasteiger partial charge in [-0.3, -0.25) is 0 Å². The fourth-order valence-corrected chi connectivity index (χ4v) is 2.13. The summed E-state index contributed by atoms with van der Waals surface area (Å²) in [5, 5.41) is 7.51. The van der Waals surface area contributed by atoms with E-state index in [4.69, 9.17) is 0 Å². The smallest absolute Gasteiger partial charge is 0.0787 e. The van der Waals surface area contributed by atoms with Gasteiger partial charge in [-0.2, -0.15) is 5.10 Å². The summed E-state index contributed by atoms with van der Waals surface area (Å²) in [5.41, 5.74) is 2.33. The van der Waals surface area contributed by atoms with Crippen LogP contribution in [-0.4, -0.2) is 16.3 Å². The summed E-state index contributed by atoms with van der Waals surface area (Å²) in [6.45, 7) is 3.99. The van der Waals surface area contributed by atoms with Crippen molar-refractivity contribution >= 4 is 15.9 Å². The first kappa shape index (κ1) is 11.4.